The van der Waals surface area contributed by atoms with Crippen molar-refractivity contribution in [2.45, 2.75) is 31.1 Å². The number of aromatic nitrogens is 1. The largest absolute Gasteiger partial charge is 0.350 e. The number of carbonyl (C=O) groups excluding carboxylic acids is 1. The van der Waals surface area contributed by atoms with Gasteiger partial charge in [-0.2, -0.15) is 0 Å². The maximum Gasteiger partial charge on any atom is 0.272 e. The average Bonchev–Trinajstić information content (AvgIpc) is 3.29. The molecule has 0 aliphatic rings. The quantitative estimate of drug-likeness (QED) is 0.198. The van der Waals surface area contributed by atoms with Gasteiger partial charge in [0.1, 0.15) is 5.69 Å². The lowest BCUT2D eigenvalue weighted by molar-refractivity contribution is 0.102. The Morgan fingerprint density at radius 2 is 1.51 bits per heavy atom. The molecule has 0 atom stereocenters. The van der Waals surface area contributed by atoms with Gasteiger partial charge >= 0.3 is 0 Å². The number of aromatic amines is 1. The van der Waals surface area contributed by atoms with Gasteiger partial charge in [-0.05, 0) is 59.0 Å². The fourth-order valence-electron chi connectivity index (χ4n) is 4.43. The first-order chi connectivity index (χ1) is 18.5. The summed E-state index contributed by atoms with van der Waals surface area (Å²) in [5.74, 6) is -0.362. The van der Waals surface area contributed by atoms with Gasteiger partial charge in [-0.3, -0.25) is 9.52 Å². The summed E-state index contributed by atoms with van der Waals surface area (Å²) in [6.07, 6.45) is 0. The van der Waals surface area contributed by atoms with Crippen molar-refractivity contribution in [1.29, 1.82) is 0 Å². The smallest absolute Gasteiger partial charge is 0.272 e. The fraction of sp³-hybridized carbons (Fsp3) is 0.129. The maximum absolute atomic E-state index is 13.4. The number of halogens is 1. The number of fused-ring (bicyclic) bond motifs is 1. The molecule has 0 fully saturated rings. The van der Waals surface area contributed by atoms with E-state index in [1.165, 1.54) is 0 Å². The van der Waals surface area contributed by atoms with Crippen molar-refractivity contribution in [3.05, 3.63) is 113 Å². The van der Waals surface area contributed by atoms with Crippen molar-refractivity contribution in [3.63, 3.8) is 0 Å². The van der Waals surface area contributed by atoms with Crippen LogP contribution in [0.15, 0.2) is 102 Å². The number of benzene rings is 4. The van der Waals surface area contributed by atoms with Gasteiger partial charge in [-0.25, -0.2) is 8.42 Å². The molecule has 0 bridgehead atoms. The monoisotopic (exact) mass is 557 g/mol. The standard InChI is InChI=1S/C31H28ClN3O3S/c1-31(2,3)21-13-16-23(17-14-21)39(37,38)35-22-15-18-26-24(19-22)28(20-9-5-4-6-10-20)29(33-26)30(36)34-27-12-8-7-11-25(27)32/h4-19,33,35H,1-3H3,(H,34,36). The molecule has 0 saturated heterocycles. The van der Waals surface area contributed by atoms with Crippen LogP contribution in [0.1, 0.15) is 36.8 Å². The van der Waals surface area contributed by atoms with E-state index in [-0.39, 0.29) is 16.2 Å². The third-order valence-electron chi connectivity index (χ3n) is 6.49. The summed E-state index contributed by atoms with van der Waals surface area (Å²) in [5, 5.41) is 4.00. The molecule has 4 aromatic carbocycles. The van der Waals surface area contributed by atoms with Crippen LogP contribution < -0.4 is 10.0 Å². The molecule has 0 aliphatic heterocycles. The van der Waals surface area contributed by atoms with Crippen LogP contribution >= 0.6 is 11.6 Å². The maximum atomic E-state index is 13.4. The molecular formula is C31H28ClN3O3S. The topological polar surface area (TPSA) is 91.1 Å². The second-order valence-corrected chi connectivity index (χ2v) is 12.4. The van der Waals surface area contributed by atoms with E-state index in [1.807, 2.05) is 42.5 Å². The molecular weight excluding hydrogens is 530 g/mol. The normalized spacial score (nSPS) is 11.9. The first kappa shape index (κ1) is 26.5. The van der Waals surface area contributed by atoms with Crippen molar-refractivity contribution in [3.8, 4) is 11.1 Å². The molecule has 1 aromatic heterocycles. The van der Waals surface area contributed by atoms with Gasteiger partial charge in [0.05, 0.1) is 15.6 Å². The Balaban J connectivity index is 1.54. The van der Waals surface area contributed by atoms with Crippen LogP contribution in [-0.2, 0) is 15.4 Å². The summed E-state index contributed by atoms with van der Waals surface area (Å²) in [6, 6.07) is 28.6. The molecule has 6 nitrogen and oxygen atoms in total. The molecule has 5 aromatic rings. The number of carbonyl (C=O) groups is 1. The Kier molecular flexibility index (Phi) is 6.97. The first-order valence-corrected chi connectivity index (χ1v) is 14.3. The minimum absolute atomic E-state index is 0.0846. The van der Waals surface area contributed by atoms with Gasteiger partial charge in [-0.1, -0.05) is 87.0 Å². The third-order valence-corrected chi connectivity index (χ3v) is 8.22. The van der Waals surface area contributed by atoms with E-state index in [9.17, 15) is 13.2 Å². The van der Waals surface area contributed by atoms with Gasteiger partial charge in [0.25, 0.3) is 15.9 Å². The number of hydrogen-bond acceptors (Lipinski definition) is 3. The molecule has 0 radical (unpaired) electrons. The molecule has 0 aliphatic carbocycles. The lowest BCUT2D eigenvalue weighted by Crippen LogP contribution is -2.14. The predicted octanol–water partition coefficient (Wildman–Crippen LogP) is 7.84. The van der Waals surface area contributed by atoms with E-state index >= 15 is 0 Å². The van der Waals surface area contributed by atoms with Crippen molar-refractivity contribution in [1.82, 2.24) is 4.98 Å². The van der Waals surface area contributed by atoms with Crippen molar-refractivity contribution in [2.24, 2.45) is 0 Å². The Morgan fingerprint density at radius 1 is 0.846 bits per heavy atom. The van der Waals surface area contributed by atoms with Crippen molar-refractivity contribution >= 4 is 49.8 Å². The van der Waals surface area contributed by atoms with Crippen molar-refractivity contribution in [2.75, 3.05) is 10.0 Å². The molecule has 198 valence electrons. The second kappa shape index (κ2) is 10.2. The molecule has 0 saturated carbocycles. The number of anilines is 2. The van der Waals surface area contributed by atoms with Crippen molar-refractivity contribution < 1.29 is 13.2 Å². The number of sulfonamides is 1. The molecule has 0 unspecified atom stereocenters. The third kappa shape index (κ3) is 5.55. The summed E-state index contributed by atoms with van der Waals surface area (Å²) >= 11 is 6.26. The van der Waals surface area contributed by atoms with Crippen LogP contribution in [0.25, 0.3) is 22.0 Å². The Hall–Kier alpha value is -4.07. The Bertz CT molecular complexity index is 1770. The Labute approximate surface area is 233 Å². The molecule has 1 heterocycles. The SMILES string of the molecule is CC(C)(C)c1ccc(S(=O)(=O)Nc2ccc3[nH]c(C(=O)Nc4ccccc4Cl)c(-c4ccccc4)c3c2)cc1. The molecule has 0 spiro atoms. The van der Waals surface area contributed by atoms with Gasteiger partial charge in [0.2, 0.25) is 0 Å². The molecule has 5 rings (SSSR count). The summed E-state index contributed by atoms with van der Waals surface area (Å²) < 4.78 is 29.1. The summed E-state index contributed by atoms with van der Waals surface area (Å²) in [7, 11) is -3.83. The minimum atomic E-state index is -3.83. The number of nitrogens with one attached hydrogen (secondary N) is 3. The van der Waals surface area contributed by atoms with E-state index in [1.54, 1.807) is 54.6 Å². The van der Waals surface area contributed by atoms with Gasteiger partial charge in [0, 0.05) is 22.2 Å². The highest BCUT2D eigenvalue weighted by atomic mass is 35.5. The highest BCUT2D eigenvalue weighted by Gasteiger charge is 2.22. The van der Waals surface area contributed by atoms with E-state index in [0.717, 1.165) is 11.1 Å². The van der Waals surface area contributed by atoms with E-state index < -0.39 is 10.0 Å². The van der Waals surface area contributed by atoms with Crippen LogP contribution in [0.4, 0.5) is 11.4 Å². The minimum Gasteiger partial charge on any atom is -0.350 e. The van der Waals surface area contributed by atoms with Gasteiger partial charge in [0.15, 0.2) is 0 Å². The zero-order chi connectivity index (χ0) is 27.8. The van der Waals surface area contributed by atoms with E-state index in [2.05, 4.69) is 35.8 Å². The average molecular weight is 558 g/mol. The predicted molar refractivity (Wildman–Crippen MR) is 159 cm³/mol. The van der Waals surface area contributed by atoms with E-state index in [4.69, 9.17) is 11.6 Å². The number of rotatable bonds is 6. The molecule has 39 heavy (non-hydrogen) atoms. The lowest BCUT2D eigenvalue weighted by Gasteiger charge is -2.19. The number of H-pyrrole nitrogens is 1. The summed E-state index contributed by atoms with van der Waals surface area (Å²) in [6.45, 7) is 6.23. The molecule has 8 heteroatoms. The van der Waals surface area contributed by atoms with Crippen LogP contribution in [0.3, 0.4) is 0 Å². The zero-order valence-electron chi connectivity index (χ0n) is 21.7. The summed E-state index contributed by atoms with van der Waals surface area (Å²) in [5.41, 5.74) is 4.34. The van der Waals surface area contributed by atoms with Crippen LogP contribution in [0, 0.1) is 0 Å². The number of hydrogen-bond donors (Lipinski definition) is 3. The Morgan fingerprint density at radius 3 is 2.18 bits per heavy atom. The van der Waals surface area contributed by atoms with E-state index in [0.29, 0.717) is 38.6 Å². The number of amides is 1. The van der Waals surface area contributed by atoms with Gasteiger partial charge in [-0.15, -0.1) is 0 Å². The lowest BCUT2D eigenvalue weighted by atomic mass is 9.87. The van der Waals surface area contributed by atoms with Crippen LogP contribution in [0.2, 0.25) is 5.02 Å². The first-order valence-electron chi connectivity index (χ1n) is 12.4. The second-order valence-electron chi connectivity index (χ2n) is 10.3. The number of para-hydroxylation sites is 1. The zero-order valence-corrected chi connectivity index (χ0v) is 23.3. The van der Waals surface area contributed by atoms with Crippen LogP contribution in [0.5, 0.6) is 0 Å². The fourth-order valence-corrected chi connectivity index (χ4v) is 5.66. The van der Waals surface area contributed by atoms with Crippen LogP contribution in [-0.4, -0.2) is 19.3 Å². The molecule has 1 amide bonds. The highest BCUT2D eigenvalue weighted by molar-refractivity contribution is 7.92. The highest BCUT2D eigenvalue weighted by Crippen LogP contribution is 2.35. The van der Waals surface area contributed by atoms with Gasteiger partial charge < -0.3 is 10.3 Å². The molecule has 3 N–H and O–H groups in total. The summed E-state index contributed by atoms with van der Waals surface area (Å²) in [4.78, 5) is 16.8.